The van der Waals surface area contributed by atoms with E-state index in [4.69, 9.17) is 5.11 Å². The van der Waals surface area contributed by atoms with Crippen LogP contribution in [0.25, 0.3) is 0 Å². The normalized spacial score (nSPS) is 13.8. The number of hydrogen-bond acceptors (Lipinski definition) is 3. The highest BCUT2D eigenvalue weighted by Gasteiger charge is 2.38. The lowest BCUT2D eigenvalue weighted by atomic mass is 9.79. The van der Waals surface area contributed by atoms with Gasteiger partial charge in [0.15, 0.2) is 0 Å². The van der Waals surface area contributed by atoms with Crippen molar-refractivity contribution in [2.75, 3.05) is 13.2 Å². The van der Waals surface area contributed by atoms with Gasteiger partial charge >= 0.3 is 5.97 Å². The summed E-state index contributed by atoms with van der Waals surface area (Å²) in [4.78, 5) is 25.6. The highest BCUT2D eigenvalue weighted by atomic mass is 16.4. The Labute approximate surface area is 125 Å². The molecule has 0 saturated heterocycles. The zero-order valence-electron chi connectivity index (χ0n) is 12.7. The number of aliphatic carboxylic acids is 1. The average Bonchev–Trinajstić information content (AvgIpc) is 2.44. The van der Waals surface area contributed by atoms with Crippen molar-refractivity contribution in [1.29, 1.82) is 0 Å². The van der Waals surface area contributed by atoms with Gasteiger partial charge in [-0.2, -0.15) is 0 Å². The summed E-state index contributed by atoms with van der Waals surface area (Å²) in [5, 5.41) is 18.6. The van der Waals surface area contributed by atoms with E-state index >= 15 is 0 Å². The Morgan fingerprint density at radius 3 is 2.24 bits per heavy atom. The molecule has 0 aromatic heterocycles. The van der Waals surface area contributed by atoms with Crippen molar-refractivity contribution in [2.24, 2.45) is 0 Å². The standard InChI is InChI=1S/C16H23NO4/c1-12(2)17(9-10-18)14(19)11-16(3,15(20)21)13-7-5-4-6-8-13/h4-8,12,18H,9-11H2,1-3H3,(H,20,21). The number of nitrogens with zero attached hydrogens (tertiary/aromatic N) is 1. The minimum Gasteiger partial charge on any atom is -0.481 e. The second kappa shape index (κ2) is 7.22. The predicted octanol–water partition coefficient (Wildman–Crippen LogP) is 1.65. The van der Waals surface area contributed by atoms with E-state index in [0.29, 0.717) is 5.56 Å². The first-order valence-corrected chi connectivity index (χ1v) is 7.02. The smallest absolute Gasteiger partial charge is 0.314 e. The van der Waals surface area contributed by atoms with Gasteiger partial charge in [0, 0.05) is 19.0 Å². The zero-order chi connectivity index (χ0) is 16.0. The van der Waals surface area contributed by atoms with Crippen molar-refractivity contribution in [3.63, 3.8) is 0 Å². The van der Waals surface area contributed by atoms with E-state index in [2.05, 4.69) is 0 Å². The maximum atomic E-state index is 12.4. The van der Waals surface area contributed by atoms with E-state index in [0.717, 1.165) is 0 Å². The summed E-state index contributed by atoms with van der Waals surface area (Å²) in [6, 6.07) is 8.67. The molecule has 1 atom stereocenters. The summed E-state index contributed by atoms with van der Waals surface area (Å²) in [6.07, 6.45) is -0.134. The van der Waals surface area contributed by atoms with Gasteiger partial charge in [0.2, 0.25) is 5.91 Å². The second-order valence-corrected chi connectivity index (χ2v) is 5.58. The first-order valence-electron chi connectivity index (χ1n) is 7.02. The van der Waals surface area contributed by atoms with Gasteiger partial charge in [0.25, 0.3) is 0 Å². The lowest BCUT2D eigenvalue weighted by molar-refractivity contribution is -0.148. The lowest BCUT2D eigenvalue weighted by Gasteiger charge is -2.31. The first-order chi connectivity index (χ1) is 9.82. The van der Waals surface area contributed by atoms with Gasteiger partial charge in [-0.3, -0.25) is 9.59 Å². The van der Waals surface area contributed by atoms with Gasteiger partial charge in [-0.15, -0.1) is 0 Å². The molecule has 1 amide bonds. The van der Waals surface area contributed by atoms with Crippen LogP contribution in [0.4, 0.5) is 0 Å². The van der Waals surface area contributed by atoms with Crippen molar-refractivity contribution in [3.8, 4) is 0 Å². The molecule has 0 aliphatic rings. The first kappa shape index (κ1) is 17.2. The largest absolute Gasteiger partial charge is 0.481 e. The molecule has 0 saturated carbocycles. The van der Waals surface area contributed by atoms with E-state index in [1.807, 2.05) is 13.8 Å². The lowest BCUT2D eigenvalue weighted by Crippen LogP contribution is -2.44. The topological polar surface area (TPSA) is 77.8 Å². The van der Waals surface area contributed by atoms with E-state index in [1.165, 1.54) is 4.90 Å². The highest BCUT2D eigenvalue weighted by Crippen LogP contribution is 2.29. The molecule has 5 heteroatoms. The minimum atomic E-state index is -1.28. The zero-order valence-corrected chi connectivity index (χ0v) is 12.7. The molecular formula is C16H23NO4. The number of rotatable bonds is 7. The fourth-order valence-electron chi connectivity index (χ4n) is 2.29. The second-order valence-electron chi connectivity index (χ2n) is 5.58. The Hall–Kier alpha value is -1.88. The average molecular weight is 293 g/mol. The summed E-state index contributed by atoms with van der Waals surface area (Å²) >= 11 is 0. The van der Waals surface area contributed by atoms with E-state index in [-0.39, 0.29) is 31.5 Å². The molecule has 0 radical (unpaired) electrons. The fraction of sp³-hybridized carbons (Fsp3) is 0.500. The molecule has 1 aromatic rings. The molecule has 116 valence electrons. The third-order valence-electron chi connectivity index (χ3n) is 3.67. The summed E-state index contributed by atoms with van der Waals surface area (Å²) < 4.78 is 0. The van der Waals surface area contributed by atoms with Crippen molar-refractivity contribution < 1.29 is 19.8 Å². The van der Waals surface area contributed by atoms with Crippen LogP contribution in [0.2, 0.25) is 0 Å². The minimum absolute atomic E-state index is 0.0848. The number of carboxylic acids is 1. The van der Waals surface area contributed by atoms with E-state index < -0.39 is 11.4 Å². The van der Waals surface area contributed by atoms with Gasteiger partial charge in [-0.1, -0.05) is 30.3 Å². The van der Waals surface area contributed by atoms with Crippen LogP contribution in [0.1, 0.15) is 32.8 Å². The SMILES string of the molecule is CC(C)N(CCO)C(=O)CC(C)(C(=O)O)c1ccccc1. The molecule has 0 aliphatic carbocycles. The van der Waals surface area contributed by atoms with Crippen LogP contribution in [0, 0.1) is 0 Å². The maximum absolute atomic E-state index is 12.4. The Kier molecular flexibility index (Phi) is 5.90. The third kappa shape index (κ3) is 4.04. The van der Waals surface area contributed by atoms with Gasteiger partial charge in [-0.05, 0) is 26.3 Å². The van der Waals surface area contributed by atoms with Crippen molar-refractivity contribution >= 4 is 11.9 Å². The Balaban J connectivity index is 3.03. The van der Waals surface area contributed by atoms with Crippen LogP contribution in [0.5, 0.6) is 0 Å². The molecule has 0 fully saturated rings. The van der Waals surface area contributed by atoms with Crippen LogP contribution in [-0.2, 0) is 15.0 Å². The summed E-state index contributed by atoms with van der Waals surface area (Å²) in [5.74, 6) is -1.30. The molecule has 0 spiro atoms. The van der Waals surface area contributed by atoms with Crippen LogP contribution < -0.4 is 0 Å². The summed E-state index contributed by atoms with van der Waals surface area (Å²) in [5.41, 5.74) is -0.681. The number of carbonyl (C=O) groups excluding carboxylic acids is 1. The van der Waals surface area contributed by atoms with Crippen molar-refractivity contribution in [2.45, 2.75) is 38.6 Å². The van der Waals surface area contributed by atoms with Gasteiger partial charge in [-0.25, -0.2) is 0 Å². The van der Waals surface area contributed by atoms with Crippen LogP contribution in [0.3, 0.4) is 0 Å². The van der Waals surface area contributed by atoms with Gasteiger partial charge < -0.3 is 15.1 Å². The van der Waals surface area contributed by atoms with Gasteiger partial charge in [0.05, 0.1) is 12.0 Å². The number of amides is 1. The number of aliphatic hydroxyl groups excluding tert-OH is 1. The van der Waals surface area contributed by atoms with Crippen molar-refractivity contribution in [3.05, 3.63) is 35.9 Å². The van der Waals surface area contributed by atoms with Crippen LogP contribution in [-0.4, -0.2) is 46.2 Å². The molecule has 2 N–H and O–H groups in total. The van der Waals surface area contributed by atoms with E-state index in [1.54, 1.807) is 37.3 Å². The van der Waals surface area contributed by atoms with Crippen molar-refractivity contribution in [1.82, 2.24) is 4.90 Å². The van der Waals surface area contributed by atoms with Crippen LogP contribution >= 0.6 is 0 Å². The molecule has 1 unspecified atom stereocenters. The number of aliphatic hydroxyl groups is 1. The molecule has 1 aromatic carbocycles. The number of benzene rings is 1. The number of carboxylic acid groups (broad SMARTS) is 1. The molecule has 0 heterocycles. The monoisotopic (exact) mass is 293 g/mol. The molecule has 1 rings (SSSR count). The Bertz CT molecular complexity index is 486. The molecule has 0 aliphatic heterocycles. The Morgan fingerprint density at radius 1 is 1.24 bits per heavy atom. The Morgan fingerprint density at radius 2 is 1.81 bits per heavy atom. The number of hydrogen-bond donors (Lipinski definition) is 2. The molecular weight excluding hydrogens is 270 g/mol. The fourth-order valence-corrected chi connectivity index (χ4v) is 2.29. The molecule has 5 nitrogen and oxygen atoms in total. The highest BCUT2D eigenvalue weighted by molar-refractivity contribution is 5.89. The van der Waals surface area contributed by atoms with E-state index in [9.17, 15) is 14.7 Å². The molecule has 21 heavy (non-hydrogen) atoms. The maximum Gasteiger partial charge on any atom is 0.314 e. The number of carbonyl (C=O) groups is 2. The van der Waals surface area contributed by atoms with Crippen LogP contribution in [0.15, 0.2) is 30.3 Å². The third-order valence-corrected chi connectivity index (χ3v) is 3.67. The quantitative estimate of drug-likeness (QED) is 0.801. The molecule has 0 bridgehead atoms. The summed E-state index contributed by atoms with van der Waals surface area (Å²) in [7, 11) is 0. The summed E-state index contributed by atoms with van der Waals surface area (Å²) in [6.45, 7) is 5.31. The predicted molar refractivity (Wildman–Crippen MR) is 80.0 cm³/mol. The van der Waals surface area contributed by atoms with Gasteiger partial charge in [0.1, 0.15) is 0 Å².